The van der Waals surface area contributed by atoms with Crippen molar-refractivity contribution in [1.29, 1.82) is 0 Å². The first-order chi connectivity index (χ1) is 21.9. The predicted octanol–water partition coefficient (Wildman–Crippen LogP) is 4.22. The molecule has 0 radical (unpaired) electrons. The molecule has 1 aromatic carbocycles. The molecule has 2 aromatic heterocycles. The van der Waals surface area contributed by atoms with E-state index < -0.39 is 22.8 Å². The number of benzene rings is 1. The molecule has 0 spiro atoms. The van der Waals surface area contributed by atoms with Crippen LogP contribution in [0.5, 0.6) is 0 Å². The number of rotatable bonds is 16. The van der Waals surface area contributed by atoms with E-state index in [9.17, 15) is 19.7 Å². The number of nitro benzene ring substituents is 1. The molecular formula is C33H36N4O8. The number of carbonyl (C=O) groups excluding carboxylic acids is 2. The van der Waals surface area contributed by atoms with Gasteiger partial charge in [0, 0.05) is 36.9 Å². The second-order valence-corrected chi connectivity index (χ2v) is 9.96. The summed E-state index contributed by atoms with van der Waals surface area (Å²) in [6.07, 6.45) is 8.04. The first-order valence-corrected chi connectivity index (χ1v) is 14.7. The van der Waals surface area contributed by atoms with Crippen molar-refractivity contribution in [2.75, 3.05) is 39.6 Å². The van der Waals surface area contributed by atoms with E-state index in [1.54, 1.807) is 44.7 Å². The summed E-state index contributed by atoms with van der Waals surface area (Å²) in [6.45, 7) is 4.06. The molecule has 0 amide bonds. The second-order valence-electron chi connectivity index (χ2n) is 9.96. The van der Waals surface area contributed by atoms with Gasteiger partial charge in [0.15, 0.2) is 0 Å². The highest BCUT2D eigenvalue weighted by atomic mass is 16.6. The molecule has 0 aliphatic carbocycles. The number of pyridine rings is 2. The van der Waals surface area contributed by atoms with Gasteiger partial charge in [-0.3, -0.25) is 20.1 Å². The van der Waals surface area contributed by atoms with Gasteiger partial charge in [0.25, 0.3) is 5.69 Å². The number of hydrogen-bond acceptors (Lipinski definition) is 11. The average molecular weight is 617 g/mol. The smallest absolute Gasteiger partial charge is 0.336 e. The van der Waals surface area contributed by atoms with E-state index in [2.05, 4.69) is 15.3 Å². The van der Waals surface area contributed by atoms with Gasteiger partial charge in [-0.05, 0) is 55.5 Å². The van der Waals surface area contributed by atoms with Gasteiger partial charge in [-0.25, -0.2) is 9.59 Å². The summed E-state index contributed by atoms with van der Waals surface area (Å²) in [5.74, 6) is -2.44. The molecule has 0 fully saturated rings. The van der Waals surface area contributed by atoms with Gasteiger partial charge in [0.1, 0.15) is 0 Å². The Balaban J connectivity index is 1.73. The molecule has 1 aliphatic heterocycles. The van der Waals surface area contributed by atoms with E-state index in [4.69, 9.17) is 18.9 Å². The molecule has 4 rings (SSSR count). The molecule has 0 atom stereocenters. The van der Waals surface area contributed by atoms with Crippen molar-refractivity contribution in [3.63, 3.8) is 0 Å². The van der Waals surface area contributed by atoms with Crippen LogP contribution in [0, 0.1) is 10.1 Å². The lowest BCUT2D eigenvalue weighted by Crippen LogP contribution is -2.37. The third kappa shape index (κ3) is 9.03. The third-order valence-corrected chi connectivity index (χ3v) is 6.94. The standard InChI is InChI=1S/C33H36N4O8/c1-3-44-32(38)30-27(21-42-16-12-23-8-6-14-34-19-23)36-28(22-43-17-13-24-9-7-15-35-20-24)31(33(39)45-4-2)29(30)25-10-5-11-26(18-25)37(40)41/h5-11,14-15,18-20,29,36H,3-4,12-13,16-17,21-22H2,1-2H3. The minimum absolute atomic E-state index is 0.0326. The zero-order chi connectivity index (χ0) is 32.0. The molecule has 1 aliphatic rings. The largest absolute Gasteiger partial charge is 0.463 e. The predicted molar refractivity (Wildman–Crippen MR) is 164 cm³/mol. The van der Waals surface area contributed by atoms with Crippen LogP contribution in [-0.2, 0) is 41.4 Å². The summed E-state index contributed by atoms with van der Waals surface area (Å²) < 4.78 is 22.9. The molecular weight excluding hydrogens is 580 g/mol. The van der Waals surface area contributed by atoms with Crippen LogP contribution in [0.1, 0.15) is 36.5 Å². The minimum atomic E-state index is -1.06. The summed E-state index contributed by atoms with van der Waals surface area (Å²) in [5, 5.41) is 14.9. The Labute approximate surface area is 261 Å². The first-order valence-electron chi connectivity index (χ1n) is 14.7. The lowest BCUT2D eigenvalue weighted by Gasteiger charge is -2.32. The monoisotopic (exact) mass is 616 g/mol. The Morgan fingerprint density at radius 1 is 0.822 bits per heavy atom. The second kappa shape index (κ2) is 16.8. The van der Waals surface area contributed by atoms with Crippen molar-refractivity contribution in [3.8, 4) is 0 Å². The lowest BCUT2D eigenvalue weighted by molar-refractivity contribution is -0.384. The quantitative estimate of drug-likeness (QED) is 0.107. The van der Waals surface area contributed by atoms with Gasteiger partial charge >= 0.3 is 11.9 Å². The molecule has 0 saturated heterocycles. The van der Waals surface area contributed by atoms with E-state index in [1.165, 1.54) is 18.2 Å². The van der Waals surface area contributed by atoms with Crippen LogP contribution >= 0.6 is 0 Å². The summed E-state index contributed by atoms with van der Waals surface area (Å²) in [5.41, 5.74) is 3.02. The number of nitrogens with zero attached hydrogens (tertiary/aromatic N) is 3. The SMILES string of the molecule is CCOC(=O)C1=C(COCCc2cccnc2)NC(COCCc2cccnc2)=C(C(=O)OCC)C1c1cccc([N+](=O)[O-])c1. The number of non-ortho nitro benzene ring substituents is 1. The van der Waals surface area contributed by atoms with Crippen LogP contribution in [0.4, 0.5) is 5.69 Å². The topological polar surface area (TPSA) is 152 Å². The number of aromatic nitrogens is 2. The molecule has 3 heterocycles. The van der Waals surface area contributed by atoms with Crippen LogP contribution in [-0.4, -0.2) is 66.5 Å². The number of hydrogen-bond donors (Lipinski definition) is 1. The Morgan fingerprint density at radius 3 is 1.80 bits per heavy atom. The normalized spacial score (nSPS) is 13.4. The number of nitro groups is 1. The van der Waals surface area contributed by atoms with Gasteiger partial charge < -0.3 is 24.3 Å². The number of dihydropyridines is 1. The molecule has 3 aromatic rings. The van der Waals surface area contributed by atoms with Crippen molar-refractivity contribution >= 4 is 17.6 Å². The molecule has 0 bridgehead atoms. The van der Waals surface area contributed by atoms with Crippen LogP contribution < -0.4 is 5.32 Å². The van der Waals surface area contributed by atoms with E-state index in [0.29, 0.717) is 43.0 Å². The Bertz CT molecular complexity index is 1440. The maximum Gasteiger partial charge on any atom is 0.336 e. The third-order valence-electron chi connectivity index (χ3n) is 6.94. The van der Waals surface area contributed by atoms with E-state index in [1.807, 2.05) is 24.3 Å². The van der Waals surface area contributed by atoms with Gasteiger partial charge in [-0.1, -0.05) is 24.3 Å². The van der Waals surface area contributed by atoms with E-state index in [0.717, 1.165) is 11.1 Å². The highest BCUT2D eigenvalue weighted by Gasteiger charge is 2.40. The highest BCUT2D eigenvalue weighted by molar-refractivity contribution is 6.00. The Hall–Kier alpha value is -4.94. The molecule has 236 valence electrons. The van der Waals surface area contributed by atoms with Crippen molar-refractivity contribution < 1.29 is 33.5 Å². The summed E-state index contributed by atoms with van der Waals surface area (Å²) in [4.78, 5) is 46.6. The van der Waals surface area contributed by atoms with Gasteiger partial charge in [0.2, 0.25) is 0 Å². The first kappa shape index (κ1) is 33.0. The zero-order valence-electron chi connectivity index (χ0n) is 25.3. The van der Waals surface area contributed by atoms with Gasteiger partial charge in [-0.2, -0.15) is 0 Å². The average Bonchev–Trinajstić information content (AvgIpc) is 3.05. The fourth-order valence-electron chi connectivity index (χ4n) is 4.91. The lowest BCUT2D eigenvalue weighted by atomic mass is 9.80. The summed E-state index contributed by atoms with van der Waals surface area (Å²) in [6, 6.07) is 13.4. The minimum Gasteiger partial charge on any atom is -0.463 e. The molecule has 45 heavy (non-hydrogen) atoms. The van der Waals surface area contributed by atoms with Crippen molar-refractivity contribution in [1.82, 2.24) is 15.3 Å². The number of carbonyl (C=O) groups is 2. The molecule has 1 N–H and O–H groups in total. The fourth-order valence-corrected chi connectivity index (χ4v) is 4.91. The van der Waals surface area contributed by atoms with Crippen LogP contribution in [0.25, 0.3) is 0 Å². The highest BCUT2D eigenvalue weighted by Crippen LogP contribution is 2.40. The molecule has 12 heteroatoms. The number of esters is 2. The Morgan fingerprint density at radius 2 is 1.36 bits per heavy atom. The van der Waals surface area contributed by atoms with E-state index in [-0.39, 0.29) is 43.3 Å². The van der Waals surface area contributed by atoms with Crippen LogP contribution in [0.3, 0.4) is 0 Å². The van der Waals surface area contributed by atoms with Crippen molar-refractivity contribution in [3.05, 3.63) is 123 Å². The number of ether oxygens (including phenoxy) is 4. The van der Waals surface area contributed by atoms with Crippen molar-refractivity contribution in [2.45, 2.75) is 32.6 Å². The van der Waals surface area contributed by atoms with Crippen molar-refractivity contribution in [2.24, 2.45) is 0 Å². The molecule has 12 nitrogen and oxygen atoms in total. The number of nitrogens with one attached hydrogen (secondary N) is 1. The summed E-state index contributed by atoms with van der Waals surface area (Å²) in [7, 11) is 0. The molecule has 0 unspecified atom stereocenters. The van der Waals surface area contributed by atoms with E-state index >= 15 is 0 Å². The van der Waals surface area contributed by atoms with Crippen LogP contribution in [0.2, 0.25) is 0 Å². The Kier molecular flexibility index (Phi) is 12.3. The van der Waals surface area contributed by atoms with Gasteiger partial charge in [0.05, 0.1) is 73.0 Å². The maximum absolute atomic E-state index is 13.6. The fraction of sp³-hybridized carbons (Fsp3) is 0.333. The molecule has 0 saturated carbocycles. The summed E-state index contributed by atoms with van der Waals surface area (Å²) >= 11 is 0. The zero-order valence-corrected chi connectivity index (χ0v) is 25.3. The maximum atomic E-state index is 13.6. The van der Waals surface area contributed by atoms with Gasteiger partial charge in [-0.15, -0.1) is 0 Å². The van der Waals surface area contributed by atoms with Crippen LogP contribution in [0.15, 0.2) is 95.9 Å².